The van der Waals surface area contributed by atoms with Crippen molar-refractivity contribution in [1.29, 1.82) is 0 Å². The summed E-state index contributed by atoms with van der Waals surface area (Å²) in [6, 6.07) is 75.0. The second-order valence-electron chi connectivity index (χ2n) is 16.6. The first kappa shape index (κ1) is 34.4. The van der Waals surface area contributed by atoms with Gasteiger partial charge in [-0.2, -0.15) is 0 Å². The van der Waals surface area contributed by atoms with Crippen LogP contribution < -0.4 is 4.90 Å². The van der Waals surface area contributed by atoms with Gasteiger partial charge in [-0.3, -0.25) is 0 Å². The molecule has 11 aromatic rings. The first-order valence-electron chi connectivity index (χ1n) is 20.7. The van der Waals surface area contributed by atoms with E-state index in [0.717, 1.165) is 50.2 Å². The second-order valence-corrected chi connectivity index (χ2v) is 16.6. The maximum atomic E-state index is 6.26. The highest BCUT2D eigenvalue weighted by atomic mass is 16.3. The van der Waals surface area contributed by atoms with Crippen LogP contribution in [-0.4, -0.2) is 4.57 Å². The predicted octanol–water partition coefficient (Wildman–Crippen LogP) is 15.8. The minimum Gasteiger partial charge on any atom is -0.456 e. The van der Waals surface area contributed by atoms with Gasteiger partial charge >= 0.3 is 0 Å². The molecule has 284 valence electrons. The molecule has 0 unspecified atom stereocenters. The lowest BCUT2D eigenvalue weighted by molar-refractivity contribution is 0.660. The van der Waals surface area contributed by atoms with Crippen LogP contribution in [0.3, 0.4) is 0 Å². The van der Waals surface area contributed by atoms with Gasteiger partial charge in [0, 0.05) is 49.7 Å². The van der Waals surface area contributed by atoms with E-state index in [9.17, 15) is 0 Å². The Morgan fingerprint density at radius 2 is 0.950 bits per heavy atom. The number of rotatable bonds is 6. The molecule has 3 heteroatoms. The summed E-state index contributed by atoms with van der Waals surface area (Å²) in [6.07, 6.45) is 0. The highest BCUT2D eigenvalue weighted by Crippen LogP contribution is 2.51. The molecule has 1 aliphatic carbocycles. The molecule has 0 bridgehead atoms. The number of hydrogen-bond donors (Lipinski definition) is 0. The van der Waals surface area contributed by atoms with E-state index in [-0.39, 0.29) is 5.41 Å². The van der Waals surface area contributed by atoms with Crippen molar-refractivity contribution in [2.45, 2.75) is 19.3 Å². The Hall–Kier alpha value is -7.62. The van der Waals surface area contributed by atoms with E-state index in [1.165, 1.54) is 60.8 Å². The third kappa shape index (κ3) is 5.29. The first-order chi connectivity index (χ1) is 29.5. The van der Waals surface area contributed by atoms with Gasteiger partial charge in [-0.05, 0) is 111 Å². The van der Waals surface area contributed by atoms with Crippen LogP contribution in [0.15, 0.2) is 211 Å². The Kier molecular flexibility index (Phi) is 7.58. The summed E-state index contributed by atoms with van der Waals surface area (Å²) >= 11 is 0. The van der Waals surface area contributed by atoms with E-state index in [1.54, 1.807) is 0 Å². The minimum atomic E-state index is -0.129. The second kappa shape index (κ2) is 13.2. The van der Waals surface area contributed by atoms with E-state index < -0.39 is 0 Å². The minimum absolute atomic E-state index is 0.129. The van der Waals surface area contributed by atoms with E-state index in [1.807, 2.05) is 12.1 Å². The van der Waals surface area contributed by atoms with Gasteiger partial charge in [-0.15, -0.1) is 0 Å². The number of para-hydroxylation sites is 2. The molecule has 2 heterocycles. The molecule has 0 spiro atoms. The van der Waals surface area contributed by atoms with Crippen molar-refractivity contribution in [3.63, 3.8) is 0 Å². The Balaban J connectivity index is 1.03. The van der Waals surface area contributed by atoms with Crippen molar-refractivity contribution in [3.8, 4) is 39.1 Å². The van der Waals surface area contributed by atoms with Gasteiger partial charge in [-0.1, -0.05) is 153 Å². The molecule has 0 N–H and O–H groups in total. The smallest absolute Gasteiger partial charge is 0.135 e. The quantitative estimate of drug-likeness (QED) is 0.168. The van der Waals surface area contributed by atoms with Crippen molar-refractivity contribution >= 4 is 60.8 Å². The molecule has 0 aliphatic heterocycles. The summed E-state index contributed by atoms with van der Waals surface area (Å²) in [7, 11) is 0. The molecule has 0 amide bonds. The zero-order valence-corrected chi connectivity index (χ0v) is 33.4. The number of nitrogens with zero attached hydrogens (tertiary/aromatic N) is 2. The summed E-state index contributed by atoms with van der Waals surface area (Å²) in [5.74, 6) is 0. The number of fused-ring (bicyclic) bond motifs is 9. The van der Waals surface area contributed by atoms with Gasteiger partial charge in [0.15, 0.2) is 0 Å². The monoisotopic (exact) mass is 768 g/mol. The molecule has 0 atom stereocenters. The molecule has 3 nitrogen and oxygen atoms in total. The van der Waals surface area contributed by atoms with Gasteiger partial charge in [0.1, 0.15) is 11.2 Å². The third-order valence-corrected chi connectivity index (χ3v) is 12.8. The summed E-state index contributed by atoms with van der Waals surface area (Å²) in [4.78, 5) is 2.43. The molecule has 0 fully saturated rings. The highest BCUT2D eigenvalue weighted by Gasteiger charge is 2.35. The van der Waals surface area contributed by atoms with Crippen LogP contribution in [0, 0.1) is 0 Å². The maximum absolute atomic E-state index is 6.26. The summed E-state index contributed by atoms with van der Waals surface area (Å²) in [6.45, 7) is 4.71. The van der Waals surface area contributed by atoms with Crippen LogP contribution in [0.1, 0.15) is 25.0 Å². The summed E-state index contributed by atoms with van der Waals surface area (Å²) < 4.78 is 8.67. The standard InChI is InChI=1S/C57H40N2O/c1-57(2)51-17-9-6-14-45(51)46-31-28-43(35-52(46)57)58(41-26-24-40(25-27-41)39-22-20-38(21-23-39)37-12-4-3-5-13-37)44-29-32-48-47-15-7-10-18-53(47)59(54(48)36-44)42-30-33-56-50(34-42)49-16-8-11-19-55(49)60-56/h3-36H,1-2H3. The number of furan rings is 1. The molecule has 12 rings (SSSR count). The Bertz CT molecular complexity index is 3440. The topological polar surface area (TPSA) is 21.3 Å². The number of aromatic nitrogens is 1. The van der Waals surface area contributed by atoms with Gasteiger partial charge in [0.25, 0.3) is 0 Å². The lowest BCUT2D eigenvalue weighted by Crippen LogP contribution is -2.16. The molecule has 0 saturated carbocycles. The zero-order valence-electron chi connectivity index (χ0n) is 33.4. The van der Waals surface area contributed by atoms with Crippen molar-refractivity contribution in [2.24, 2.45) is 0 Å². The lowest BCUT2D eigenvalue weighted by Gasteiger charge is -2.28. The molecule has 0 radical (unpaired) electrons. The molecule has 1 aliphatic rings. The van der Waals surface area contributed by atoms with E-state index in [2.05, 4.69) is 217 Å². The number of hydrogen-bond acceptors (Lipinski definition) is 2. The van der Waals surface area contributed by atoms with Crippen molar-refractivity contribution < 1.29 is 4.42 Å². The molecular weight excluding hydrogens is 729 g/mol. The Morgan fingerprint density at radius 1 is 0.383 bits per heavy atom. The Morgan fingerprint density at radius 3 is 1.75 bits per heavy atom. The van der Waals surface area contributed by atoms with Crippen LogP contribution in [0.4, 0.5) is 17.1 Å². The number of benzene rings is 9. The Labute approximate surface area is 349 Å². The normalized spacial score (nSPS) is 13.0. The van der Waals surface area contributed by atoms with Crippen LogP contribution >= 0.6 is 0 Å². The number of anilines is 3. The predicted molar refractivity (Wildman–Crippen MR) is 251 cm³/mol. The lowest BCUT2D eigenvalue weighted by atomic mass is 9.82. The largest absolute Gasteiger partial charge is 0.456 e. The van der Waals surface area contributed by atoms with Crippen molar-refractivity contribution in [3.05, 3.63) is 217 Å². The average Bonchev–Trinajstić information content (AvgIpc) is 3.92. The van der Waals surface area contributed by atoms with Crippen LogP contribution in [0.2, 0.25) is 0 Å². The summed E-state index contributed by atoms with van der Waals surface area (Å²) in [5.41, 5.74) is 18.6. The van der Waals surface area contributed by atoms with Gasteiger partial charge in [0.05, 0.1) is 11.0 Å². The van der Waals surface area contributed by atoms with E-state index in [0.29, 0.717) is 0 Å². The third-order valence-electron chi connectivity index (χ3n) is 12.8. The fraction of sp³-hybridized carbons (Fsp3) is 0.0526. The van der Waals surface area contributed by atoms with E-state index >= 15 is 0 Å². The summed E-state index contributed by atoms with van der Waals surface area (Å²) in [5, 5.41) is 4.68. The highest BCUT2D eigenvalue weighted by molar-refractivity contribution is 6.11. The molecular formula is C57H40N2O. The first-order valence-corrected chi connectivity index (χ1v) is 20.7. The zero-order chi connectivity index (χ0) is 40.0. The van der Waals surface area contributed by atoms with Crippen LogP contribution in [0.5, 0.6) is 0 Å². The van der Waals surface area contributed by atoms with Crippen LogP contribution in [0.25, 0.3) is 82.8 Å². The van der Waals surface area contributed by atoms with Gasteiger partial charge in [-0.25, -0.2) is 0 Å². The molecule has 0 saturated heterocycles. The maximum Gasteiger partial charge on any atom is 0.135 e. The fourth-order valence-corrected chi connectivity index (χ4v) is 9.80. The van der Waals surface area contributed by atoms with Gasteiger partial charge < -0.3 is 13.9 Å². The average molecular weight is 769 g/mol. The van der Waals surface area contributed by atoms with Crippen molar-refractivity contribution in [1.82, 2.24) is 4.57 Å². The van der Waals surface area contributed by atoms with E-state index in [4.69, 9.17) is 4.42 Å². The fourth-order valence-electron chi connectivity index (χ4n) is 9.80. The molecule has 60 heavy (non-hydrogen) atoms. The van der Waals surface area contributed by atoms with Crippen molar-refractivity contribution in [2.75, 3.05) is 4.90 Å². The SMILES string of the molecule is CC1(C)c2ccccc2-c2ccc(N(c3ccc(-c4ccc(-c5ccccc5)cc4)cc3)c3ccc4c5ccccc5n(-c5ccc6oc7ccccc7c6c5)c4c3)cc21. The van der Waals surface area contributed by atoms with Crippen LogP contribution in [-0.2, 0) is 5.41 Å². The molecule has 2 aromatic heterocycles. The molecule has 9 aromatic carbocycles. The van der Waals surface area contributed by atoms with Gasteiger partial charge in [0.2, 0.25) is 0 Å².